The van der Waals surface area contributed by atoms with Crippen molar-refractivity contribution in [1.29, 1.82) is 0 Å². The molecule has 0 aliphatic carbocycles. The molecule has 4 rings (SSSR count). The molecule has 4 aromatic carbocycles. The number of unbranched alkanes of at least 4 members (excludes halogenated alkanes) is 26. The van der Waals surface area contributed by atoms with E-state index < -0.39 is 0 Å². The van der Waals surface area contributed by atoms with Gasteiger partial charge in [-0.3, -0.25) is 0 Å². The van der Waals surface area contributed by atoms with Gasteiger partial charge in [0.15, 0.2) is 0 Å². The summed E-state index contributed by atoms with van der Waals surface area (Å²) < 4.78 is 0. The number of hydrogen-bond donors (Lipinski definition) is 2. The molecule has 2 heteroatoms. The van der Waals surface area contributed by atoms with E-state index in [4.69, 9.17) is 11.5 Å². The number of rotatable bonds is 38. The molecule has 360 valence electrons. The van der Waals surface area contributed by atoms with Gasteiger partial charge in [0.1, 0.15) is 0 Å². The van der Waals surface area contributed by atoms with E-state index in [2.05, 4.69) is 113 Å². The Kier molecular flexibility index (Phi) is 28.2. The standard InChI is InChI=1S/C63H98N2/c1-5-7-9-11-28-32-36-62(60-48-46-58(64)50-52(60)3)56-42-38-54(39-43-56)34-30-26-24-22-20-18-16-14-13-15-17-19-21-23-25-27-31-35-55-40-44-57(45-41-55)63(37-33-29-12-10-8-6-2)61-49-47-59(65)51-53(61)4/h38-51,62-63H,5-37,64-65H2,1-4H3. The molecule has 0 heterocycles. The van der Waals surface area contributed by atoms with Crippen LogP contribution in [0.4, 0.5) is 11.4 Å². The zero-order valence-electron chi connectivity index (χ0n) is 42.7. The first-order valence-electron chi connectivity index (χ1n) is 27.8. The van der Waals surface area contributed by atoms with Gasteiger partial charge in [-0.15, -0.1) is 0 Å². The molecular formula is C63H98N2. The first kappa shape index (κ1) is 54.1. The first-order chi connectivity index (χ1) is 31.9. The molecule has 0 saturated heterocycles. The largest absolute Gasteiger partial charge is 0.399 e. The minimum absolute atomic E-state index is 0.466. The molecule has 4 N–H and O–H groups in total. The maximum absolute atomic E-state index is 6.13. The number of nitrogens with two attached hydrogens (primary N) is 2. The van der Waals surface area contributed by atoms with E-state index in [0.29, 0.717) is 11.8 Å². The highest BCUT2D eigenvalue weighted by molar-refractivity contribution is 5.49. The summed E-state index contributed by atoms with van der Waals surface area (Å²) >= 11 is 0. The Hall–Kier alpha value is -3.52. The SMILES string of the molecule is CCCCCCCCC(c1ccc(CCCCCCCCCCCCCCCCCCCc2ccc(C(CCCCCCCC)c3ccc(N)cc3C)cc2)cc1)c1ccc(N)cc1C. The second-order valence-corrected chi connectivity index (χ2v) is 20.4. The van der Waals surface area contributed by atoms with Gasteiger partial charge in [-0.05, 0) is 121 Å². The Morgan fingerprint density at radius 2 is 0.600 bits per heavy atom. The third-order valence-corrected chi connectivity index (χ3v) is 14.7. The van der Waals surface area contributed by atoms with Crippen LogP contribution in [0.2, 0.25) is 0 Å². The van der Waals surface area contributed by atoms with Crippen LogP contribution in [0, 0.1) is 13.8 Å². The average molecular weight is 883 g/mol. The first-order valence-corrected chi connectivity index (χ1v) is 27.8. The molecule has 0 saturated carbocycles. The van der Waals surface area contributed by atoms with Crippen LogP contribution in [0.15, 0.2) is 84.9 Å². The second kappa shape index (κ2) is 33.9. The van der Waals surface area contributed by atoms with Crippen molar-refractivity contribution in [2.75, 3.05) is 11.5 Å². The van der Waals surface area contributed by atoms with Gasteiger partial charge in [0, 0.05) is 23.2 Å². The average Bonchev–Trinajstić information content (AvgIpc) is 3.30. The van der Waals surface area contributed by atoms with Crippen LogP contribution in [0.25, 0.3) is 0 Å². The summed E-state index contributed by atoms with van der Waals surface area (Å²) in [5.74, 6) is 0.933. The van der Waals surface area contributed by atoms with Crippen molar-refractivity contribution in [3.8, 4) is 0 Å². The zero-order valence-corrected chi connectivity index (χ0v) is 42.7. The molecule has 65 heavy (non-hydrogen) atoms. The summed E-state index contributed by atoms with van der Waals surface area (Å²) in [5, 5.41) is 0. The van der Waals surface area contributed by atoms with Crippen LogP contribution in [-0.2, 0) is 12.8 Å². The molecule has 0 radical (unpaired) electrons. The topological polar surface area (TPSA) is 52.0 Å². The Morgan fingerprint density at radius 3 is 0.892 bits per heavy atom. The third kappa shape index (κ3) is 22.2. The lowest BCUT2D eigenvalue weighted by molar-refractivity contribution is 0.525. The predicted octanol–water partition coefficient (Wildman–Crippen LogP) is 19.6. The molecular weight excluding hydrogens is 785 g/mol. The molecule has 4 aromatic rings. The number of nitrogen functional groups attached to an aromatic ring is 2. The highest BCUT2D eigenvalue weighted by Gasteiger charge is 2.18. The highest BCUT2D eigenvalue weighted by Crippen LogP contribution is 2.35. The Balaban J connectivity index is 0.968. The molecule has 2 unspecified atom stereocenters. The normalized spacial score (nSPS) is 12.5. The molecule has 2 nitrogen and oxygen atoms in total. The Morgan fingerprint density at radius 1 is 0.323 bits per heavy atom. The third-order valence-electron chi connectivity index (χ3n) is 14.7. The van der Waals surface area contributed by atoms with Crippen molar-refractivity contribution in [2.45, 2.75) is 251 Å². The maximum Gasteiger partial charge on any atom is 0.0316 e. The second-order valence-electron chi connectivity index (χ2n) is 20.4. The fourth-order valence-electron chi connectivity index (χ4n) is 10.6. The fourth-order valence-corrected chi connectivity index (χ4v) is 10.6. The summed E-state index contributed by atoms with van der Waals surface area (Å²) in [6.45, 7) is 9.06. The molecule has 0 aliphatic heterocycles. The lowest BCUT2D eigenvalue weighted by Gasteiger charge is -2.21. The molecule has 0 aliphatic rings. The summed E-state index contributed by atoms with van der Waals surface area (Å²) in [5.41, 5.74) is 25.5. The van der Waals surface area contributed by atoms with Crippen LogP contribution in [0.3, 0.4) is 0 Å². The van der Waals surface area contributed by atoms with Gasteiger partial charge < -0.3 is 11.5 Å². The fraction of sp³-hybridized carbons (Fsp3) is 0.619. The maximum atomic E-state index is 6.13. The Bertz CT molecular complexity index is 1640. The minimum atomic E-state index is 0.466. The van der Waals surface area contributed by atoms with Crippen molar-refractivity contribution in [3.05, 3.63) is 129 Å². The van der Waals surface area contributed by atoms with Crippen LogP contribution < -0.4 is 11.5 Å². The number of aryl methyl sites for hydroxylation is 4. The van der Waals surface area contributed by atoms with E-state index in [1.54, 1.807) is 0 Å². The number of hydrogen-bond acceptors (Lipinski definition) is 2. The molecule has 0 aromatic heterocycles. The van der Waals surface area contributed by atoms with Crippen LogP contribution >= 0.6 is 0 Å². The van der Waals surface area contributed by atoms with Crippen LogP contribution in [-0.4, -0.2) is 0 Å². The van der Waals surface area contributed by atoms with E-state index in [1.165, 1.54) is 256 Å². The van der Waals surface area contributed by atoms with Gasteiger partial charge in [-0.25, -0.2) is 0 Å². The lowest BCUT2D eigenvalue weighted by atomic mass is 9.84. The van der Waals surface area contributed by atoms with E-state index >= 15 is 0 Å². The van der Waals surface area contributed by atoms with Crippen molar-refractivity contribution in [1.82, 2.24) is 0 Å². The lowest BCUT2D eigenvalue weighted by Crippen LogP contribution is -2.05. The summed E-state index contributed by atoms with van der Waals surface area (Å²) in [6.07, 6.45) is 44.9. The highest BCUT2D eigenvalue weighted by atomic mass is 14.5. The van der Waals surface area contributed by atoms with Crippen molar-refractivity contribution in [3.63, 3.8) is 0 Å². The van der Waals surface area contributed by atoms with Crippen molar-refractivity contribution < 1.29 is 0 Å². The molecule has 0 fully saturated rings. The van der Waals surface area contributed by atoms with Gasteiger partial charge in [-0.2, -0.15) is 0 Å². The number of benzene rings is 4. The quantitative estimate of drug-likeness (QED) is 0.0348. The van der Waals surface area contributed by atoms with E-state index in [9.17, 15) is 0 Å². The molecule has 0 bridgehead atoms. The van der Waals surface area contributed by atoms with Gasteiger partial charge in [-0.1, -0.05) is 248 Å². The van der Waals surface area contributed by atoms with Gasteiger partial charge in [0.2, 0.25) is 0 Å². The molecule has 2 atom stereocenters. The van der Waals surface area contributed by atoms with Gasteiger partial charge >= 0.3 is 0 Å². The van der Waals surface area contributed by atoms with Gasteiger partial charge in [0.05, 0.1) is 0 Å². The van der Waals surface area contributed by atoms with E-state index in [-0.39, 0.29) is 0 Å². The van der Waals surface area contributed by atoms with Crippen LogP contribution in [0.1, 0.15) is 269 Å². The smallest absolute Gasteiger partial charge is 0.0316 e. The molecule has 0 spiro atoms. The molecule has 0 amide bonds. The Labute approximate surface area is 402 Å². The van der Waals surface area contributed by atoms with Crippen LogP contribution in [0.5, 0.6) is 0 Å². The van der Waals surface area contributed by atoms with Crippen molar-refractivity contribution >= 4 is 11.4 Å². The minimum Gasteiger partial charge on any atom is -0.399 e. The zero-order chi connectivity index (χ0) is 46.2. The monoisotopic (exact) mass is 883 g/mol. The summed E-state index contributed by atoms with van der Waals surface area (Å²) in [6, 6.07) is 32.4. The number of anilines is 2. The van der Waals surface area contributed by atoms with Gasteiger partial charge in [0.25, 0.3) is 0 Å². The van der Waals surface area contributed by atoms with E-state index in [0.717, 1.165) is 11.4 Å². The van der Waals surface area contributed by atoms with E-state index in [1.807, 2.05) is 0 Å². The summed E-state index contributed by atoms with van der Waals surface area (Å²) in [4.78, 5) is 0. The summed E-state index contributed by atoms with van der Waals surface area (Å²) in [7, 11) is 0. The van der Waals surface area contributed by atoms with Crippen molar-refractivity contribution in [2.24, 2.45) is 0 Å². The predicted molar refractivity (Wildman–Crippen MR) is 290 cm³/mol.